The van der Waals surface area contributed by atoms with Crippen LogP contribution >= 0.6 is 0 Å². The molecular weight excluding hydrogens is 528 g/mol. The Morgan fingerprint density at radius 1 is 0.875 bits per heavy atom. The number of hydrogen-bond donors (Lipinski definition) is 1. The van der Waals surface area contributed by atoms with Crippen LogP contribution in [0.15, 0.2) is 101 Å². The van der Waals surface area contributed by atoms with Crippen molar-refractivity contribution in [3.63, 3.8) is 0 Å². The molecule has 8 nitrogen and oxygen atoms in total. The number of hydrogen-bond acceptors (Lipinski definition) is 6. The van der Waals surface area contributed by atoms with E-state index < -0.39 is 21.7 Å². The molecule has 0 fully saturated rings. The lowest BCUT2D eigenvalue weighted by Gasteiger charge is -2.24. The number of nitrogens with one attached hydrogen (secondary N) is 1. The number of sulfone groups is 1. The Bertz CT molecular complexity index is 1740. The molecule has 1 unspecified atom stereocenters. The predicted molar refractivity (Wildman–Crippen MR) is 149 cm³/mol. The molecule has 0 aromatic heterocycles. The van der Waals surface area contributed by atoms with Crippen LogP contribution in [0, 0.1) is 0 Å². The normalized spacial score (nSPS) is 15.8. The molecule has 0 aliphatic carbocycles. The summed E-state index contributed by atoms with van der Waals surface area (Å²) in [6.45, 7) is 2.92. The molecule has 4 aromatic rings. The largest absolute Gasteiger partial charge is 0.486 e. The highest BCUT2D eigenvalue weighted by atomic mass is 32.2. The van der Waals surface area contributed by atoms with Crippen molar-refractivity contribution in [2.24, 2.45) is 0 Å². The van der Waals surface area contributed by atoms with Crippen molar-refractivity contribution in [1.29, 1.82) is 0 Å². The van der Waals surface area contributed by atoms with Gasteiger partial charge in [-0.1, -0.05) is 48.5 Å². The van der Waals surface area contributed by atoms with Crippen LogP contribution in [0.3, 0.4) is 0 Å². The second-order valence-electron chi connectivity index (χ2n) is 9.66. The second kappa shape index (κ2) is 10.2. The van der Waals surface area contributed by atoms with Crippen molar-refractivity contribution < 1.29 is 27.5 Å². The van der Waals surface area contributed by atoms with Crippen molar-refractivity contribution in [1.82, 2.24) is 5.32 Å². The van der Waals surface area contributed by atoms with Crippen LogP contribution in [0.4, 0.5) is 5.69 Å². The number of benzene rings is 4. The lowest BCUT2D eigenvalue weighted by Crippen LogP contribution is -2.31. The summed E-state index contributed by atoms with van der Waals surface area (Å²) in [5, 5.41) is 2.97. The summed E-state index contributed by atoms with van der Waals surface area (Å²) >= 11 is 0. The number of carbonyl (C=O) groups is 2. The molecule has 9 heteroatoms. The van der Waals surface area contributed by atoms with E-state index in [0.29, 0.717) is 24.7 Å². The summed E-state index contributed by atoms with van der Waals surface area (Å²) in [5.41, 5.74) is 2.12. The van der Waals surface area contributed by atoms with E-state index in [2.05, 4.69) is 5.32 Å². The summed E-state index contributed by atoms with van der Waals surface area (Å²) in [6, 6.07) is 25.0. The minimum absolute atomic E-state index is 0.0295. The van der Waals surface area contributed by atoms with E-state index in [1.54, 1.807) is 12.1 Å². The van der Waals surface area contributed by atoms with Crippen LogP contribution in [0.5, 0.6) is 11.5 Å². The van der Waals surface area contributed by atoms with Gasteiger partial charge in [-0.3, -0.25) is 9.59 Å². The Morgan fingerprint density at radius 2 is 1.60 bits per heavy atom. The molecule has 6 rings (SSSR count). The number of anilines is 1. The van der Waals surface area contributed by atoms with Crippen LogP contribution < -0.4 is 19.7 Å². The van der Waals surface area contributed by atoms with Gasteiger partial charge in [0.25, 0.3) is 11.8 Å². The standard InChI is InChI=1S/C31H26N2O6S/c1-20(22-11-13-26-27(18-22)39-16-15-38-26)32-30(34)23-12-14-29-25(17-23)33(19-21-7-3-2-4-8-21)31(35)24-9-5-6-10-28(24)40(29,36)37/h2-14,17-18,20H,15-16,19H2,1H3,(H,32,34). The Morgan fingerprint density at radius 3 is 2.40 bits per heavy atom. The lowest BCUT2D eigenvalue weighted by atomic mass is 10.1. The van der Waals surface area contributed by atoms with Crippen LogP contribution in [0.2, 0.25) is 0 Å². The fourth-order valence-electron chi connectivity index (χ4n) is 4.96. The first-order chi connectivity index (χ1) is 19.3. The Balaban J connectivity index is 1.37. The van der Waals surface area contributed by atoms with E-state index in [0.717, 1.165) is 11.1 Å². The molecular formula is C31H26N2O6S. The number of rotatable bonds is 5. The summed E-state index contributed by atoms with van der Waals surface area (Å²) in [7, 11) is -4.03. The molecule has 2 amide bonds. The smallest absolute Gasteiger partial charge is 0.259 e. The van der Waals surface area contributed by atoms with E-state index in [4.69, 9.17) is 9.47 Å². The molecule has 2 aliphatic rings. The molecule has 40 heavy (non-hydrogen) atoms. The highest BCUT2D eigenvalue weighted by Gasteiger charge is 2.36. The van der Waals surface area contributed by atoms with Gasteiger partial charge in [0, 0.05) is 5.56 Å². The summed E-state index contributed by atoms with van der Waals surface area (Å²) in [6.07, 6.45) is 0. The number of ether oxygens (including phenoxy) is 2. The van der Waals surface area contributed by atoms with Crippen LogP contribution in [0.25, 0.3) is 0 Å². The zero-order valence-corrected chi connectivity index (χ0v) is 22.5. The number of fused-ring (bicyclic) bond motifs is 3. The van der Waals surface area contributed by atoms with Crippen molar-refractivity contribution in [2.75, 3.05) is 18.1 Å². The first-order valence-corrected chi connectivity index (χ1v) is 14.4. The van der Waals surface area contributed by atoms with Gasteiger partial charge in [-0.2, -0.15) is 0 Å². The van der Waals surface area contributed by atoms with Gasteiger partial charge in [0.1, 0.15) is 13.2 Å². The summed E-state index contributed by atoms with van der Waals surface area (Å²) < 4.78 is 38.7. The van der Waals surface area contributed by atoms with Gasteiger partial charge in [0.05, 0.1) is 33.6 Å². The fraction of sp³-hybridized carbons (Fsp3) is 0.161. The van der Waals surface area contributed by atoms with E-state index in [-0.39, 0.29) is 39.2 Å². The van der Waals surface area contributed by atoms with Gasteiger partial charge < -0.3 is 19.7 Å². The zero-order chi connectivity index (χ0) is 27.9. The van der Waals surface area contributed by atoms with Crippen molar-refractivity contribution >= 4 is 27.3 Å². The van der Waals surface area contributed by atoms with Crippen molar-refractivity contribution in [2.45, 2.75) is 29.3 Å². The van der Waals surface area contributed by atoms with Crippen LogP contribution in [-0.2, 0) is 16.4 Å². The van der Waals surface area contributed by atoms with E-state index in [9.17, 15) is 18.0 Å². The highest BCUT2D eigenvalue weighted by molar-refractivity contribution is 7.91. The Labute approximate surface area is 232 Å². The SMILES string of the molecule is CC(NC(=O)c1ccc2c(c1)N(Cc1ccccc1)C(=O)c1ccccc1S2(=O)=O)c1ccc2c(c1)OCCO2. The molecule has 2 heterocycles. The number of carbonyl (C=O) groups excluding carboxylic acids is 2. The number of amides is 2. The lowest BCUT2D eigenvalue weighted by molar-refractivity contribution is 0.0937. The van der Waals surface area contributed by atoms with Crippen molar-refractivity contribution in [3.8, 4) is 11.5 Å². The average molecular weight is 555 g/mol. The first kappa shape index (κ1) is 25.6. The number of nitrogens with zero attached hydrogens (tertiary/aromatic N) is 1. The van der Waals surface area contributed by atoms with Crippen LogP contribution in [0.1, 0.15) is 44.8 Å². The molecule has 0 saturated heterocycles. The molecule has 1 atom stereocenters. The van der Waals surface area contributed by atoms with Gasteiger partial charge in [0.15, 0.2) is 11.5 Å². The summed E-state index contributed by atoms with van der Waals surface area (Å²) in [4.78, 5) is 28.5. The molecule has 0 spiro atoms. The molecule has 2 aliphatic heterocycles. The minimum Gasteiger partial charge on any atom is -0.486 e. The monoisotopic (exact) mass is 554 g/mol. The first-order valence-electron chi connectivity index (χ1n) is 12.9. The molecule has 202 valence electrons. The highest BCUT2D eigenvalue weighted by Crippen LogP contribution is 2.38. The topological polar surface area (TPSA) is 102 Å². The molecule has 4 aromatic carbocycles. The van der Waals surface area contributed by atoms with Gasteiger partial charge in [-0.15, -0.1) is 0 Å². The second-order valence-corrected chi connectivity index (χ2v) is 11.5. The van der Waals surface area contributed by atoms with E-state index in [1.165, 1.54) is 35.2 Å². The zero-order valence-electron chi connectivity index (χ0n) is 21.7. The minimum atomic E-state index is -4.03. The maximum absolute atomic E-state index is 13.8. The quantitative estimate of drug-likeness (QED) is 0.375. The van der Waals surface area contributed by atoms with E-state index in [1.807, 2.05) is 55.5 Å². The van der Waals surface area contributed by atoms with Gasteiger partial charge in [-0.25, -0.2) is 8.42 Å². The van der Waals surface area contributed by atoms with Gasteiger partial charge in [0.2, 0.25) is 9.84 Å². The molecule has 0 bridgehead atoms. The van der Waals surface area contributed by atoms with Crippen molar-refractivity contribution in [3.05, 3.63) is 113 Å². The van der Waals surface area contributed by atoms with Gasteiger partial charge >= 0.3 is 0 Å². The Kier molecular flexibility index (Phi) is 6.51. The fourth-order valence-corrected chi connectivity index (χ4v) is 6.59. The summed E-state index contributed by atoms with van der Waals surface area (Å²) in [5.74, 6) is 0.416. The third-order valence-electron chi connectivity index (χ3n) is 7.05. The Hall–Kier alpha value is -4.63. The third-order valence-corrected chi connectivity index (χ3v) is 8.91. The van der Waals surface area contributed by atoms with E-state index >= 15 is 0 Å². The maximum atomic E-state index is 13.8. The van der Waals surface area contributed by atoms with Gasteiger partial charge in [-0.05, 0) is 60.5 Å². The van der Waals surface area contributed by atoms with Crippen LogP contribution in [-0.4, -0.2) is 33.4 Å². The molecule has 1 N–H and O–H groups in total. The molecule has 0 radical (unpaired) electrons. The predicted octanol–water partition coefficient (Wildman–Crippen LogP) is 4.94. The average Bonchev–Trinajstić information content (AvgIpc) is 3.05. The molecule has 0 saturated carbocycles. The maximum Gasteiger partial charge on any atom is 0.259 e. The third kappa shape index (κ3) is 4.58.